The van der Waals surface area contributed by atoms with Gasteiger partial charge in [0.25, 0.3) is 0 Å². The summed E-state index contributed by atoms with van der Waals surface area (Å²) in [5, 5.41) is 12.6. The number of carbonyl (C=O) groups is 3. The summed E-state index contributed by atoms with van der Waals surface area (Å²) in [6.45, 7) is 2.08. The van der Waals surface area contributed by atoms with E-state index in [9.17, 15) is 19.5 Å². The van der Waals surface area contributed by atoms with Crippen molar-refractivity contribution in [2.75, 3.05) is 13.7 Å². The van der Waals surface area contributed by atoms with E-state index in [1.165, 1.54) is 4.90 Å². The van der Waals surface area contributed by atoms with E-state index in [0.29, 0.717) is 19.3 Å². The van der Waals surface area contributed by atoms with Crippen molar-refractivity contribution in [3.05, 3.63) is 59.7 Å². The van der Waals surface area contributed by atoms with Gasteiger partial charge in [-0.3, -0.25) is 4.79 Å². The van der Waals surface area contributed by atoms with Crippen LogP contribution in [-0.2, 0) is 14.3 Å². The molecule has 0 saturated heterocycles. The van der Waals surface area contributed by atoms with E-state index in [1.807, 2.05) is 31.2 Å². The van der Waals surface area contributed by atoms with Crippen molar-refractivity contribution in [3.63, 3.8) is 0 Å². The maximum Gasteiger partial charge on any atom is 0.407 e. The third-order valence-electron chi connectivity index (χ3n) is 7.42. The summed E-state index contributed by atoms with van der Waals surface area (Å²) >= 11 is 0. The van der Waals surface area contributed by atoms with Gasteiger partial charge in [-0.1, -0.05) is 68.3 Å². The zero-order valence-corrected chi connectivity index (χ0v) is 19.8. The fourth-order valence-corrected chi connectivity index (χ4v) is 5.34. The van der Waals surface area contributed by atoms with Crippen molar-refractivity contribution in [1.29, 1.82) is 0 Å². The van der Waals surface area contributed by atoms with Crippen molar-refractivity contribution in [2.24, 2.45) is 0 Å². The van der Waals surface area contributed by atoms with Crippen LogP contribution in [0.5, 0.6) is 0 Å². The number of rotatable bonds is 8. The lowest BCUT2D eigenvalue weighted by Crippen LogP contribution is -2.54. The molecule has 0 aromatic heterocycles. The predicted octanol–water partition coefficient (Wildman–Crippen LogP) is 4.55. The van der Waals surface area contributed by atoms with Crippen LogP contribution < -0.4 is 5.32 Å². The van der Waals surface area contributed by atoms with Crippen molar-refractivity contribution < 1.29 is 24.2 Å². The van der Waals surface area contributed by atoms with E-state index < -0.39 is 23.6 Å². The molecule has 0 bridgehead atoms. The van der Waals surface area contributed by atoms with Gasteiger partial charge in [0.2, 0.25) is 5.91 Å². The molecule has 2 N–H and O–H groups in total. The Labute approximate surface area is 200 Å². The van der Waals surface area contributed by atoms with Crippen molar-refractivity contribution in [2.45, 2.75) is 62.9 Å². The molecule has 1 fully saturated rings. The van der Waals surface area contributed by atoms with Gasteiger partial charge in [0.05, 0.1) is 0 Å². The molecular weight excluding hydrogens is 432 g/mol. The monoisotopic (exact) mass is 464 g/mol. The molecule has 0 spiro atoms. The van der Waals surface area contributed by atoms with E-state index in [2.05, 4.69) is 29.6 Å². The van der Waals surface area contributed by atoms with Gasteiger partial charge in [-0.25, -0.2) is 9.59 Å². The number of nitrogens with zero attached hydrogens (tertiary/aromatic N) is 1. The molecule has 1 saturated carbocycles. The van der Waals surface area contributed by atoms with Gasteiger partial charge in [-0.2, -0.15) is 0 Å². The zero-order chi connectivity index (χ0) is 24.3. The molecule has 2 aromatic rings. The van der Waals surface area contributed by atoms with E-state index in [4.69, 9.17) is 4.74 Å². The molecule has 0 aliphatic heterocycles. The minimum Gasteiger partial charge on any atom is -0.479 e. The number of hydrogen-bond acceptors (Lipinski definition) is 4. The van der Waals surface area contributed by atoms with E-state index >= 15 is 0 Å². The van der Waals surface area contributed by atoms with Crippen LogP contribution >= 0.6 is 0 Å². The first kappa shape index (κ1) is 23.8. The Bertz CT molecular complexity index is 1030. The normalized spacial score (nSPS) is 16.9. The Morgan fingerprint density at radius 3 is 2.15 bits per heavy atom. The number of likely N-dealkylation sites (N-methyl/N-ethyl adjacent to an activating group) is 1. The first-order valence-corrected chi connectivity index (χ1v) is 12.0. The smallest absolute Gasteiger partial charge is 0.407 e. The molecule has 2 amide bonds. The van der Waals surface area contributed by atoms with Crippen LogP contribution in [0.3, 0.4) is 0 Å². The van der Waals surface area contributed by atoms with Gasteiger partial charge in [0.1, 0.15) is 12.1 Å². The number of benzene rings is 2. The van der Waals surface area contributed by atoms with Gasteiger partial charge in [-0.05, 0) is 41.5 Å². The highest BCUT2D eigenvalue weighted by atomic mass is 16.5. The highest BCUT2D eigenvalue weighted by Crippen LogP contribution is 2.44. The standard InChI is InChI=1S/C27H32N2O5/c1-3-18(16-24(30)29(2)27(25(31)32)14-8-9-15-27)28-26(33)34-17-23-21-12-6-4-10-19(21)20-11-5-7-13-22(20)23/h4-7,10-13,18,23H,3,8-9,14-17H2,1-2H3,(H,28,33)(H,31,32)/t18-/m0/s1. The lowest BCUT2D eigenvalue weighted by molar-refractivity contribution is -0.157. The van der Waals surface area contributed by atoms with Gasteiger partial charge < -0.3 is 20.1 Å². The van der Waals surface area contributed by atoms with Gasteiger partial charge in [0, 0.05) is 25.4 Å². The van der Waals surface area contributed by atoms with E-state index in [1.54, 1.807) is 7.05 Å². The largest absolute Gasteiger partial charge is 0.479 e. The highest BCUT2D eigenvalue weighted by Gasteiger charge is 2.47. The van der Waals surface area contributed by atoms with Crippen molar-refractivity contribution >= 4 is 18.0 Å². The van der Waals surface area contributed by atoms with Crippen LogP contribution in [0.15, 0.2) is 48.5 Å². The molecule has 34 heavy (non-hydrogen) atoms. The Kier molecular flexibility index (Phi) is 6.91. The summed E-state index contributed by atoms with van der Waals surface area (Å²) in [5.41, 5.74) is 3.45. The summed E-state index contributed by atoms with van der Waals surface area (Å²) in [5.74, 6) is -1.28. The number of carboxylic acids is 1. The highest BCUT2D eigenvalue weighted by molar-refractivity contribution is 5.87. The molecule has 2 aromatic carbocycles. The molecule has 4 rings (SSSR count). The van der Waals surface area contributed by atoms with E-state index in [0.717, 1.165) is 35.1 Å². The number of nitrogens with one attached hydrogen (secondary N) is 1. The topological polar surface area (TPSA) is 95.9 Å². The Morgan fingerprint density at radius 1 is 1.06 bits per heavy atom. The summed E-state index contributed by atoms with van der Waals surface area (Å²) < 4.78 is 5.60. The van der Waals surface area contributed by atoms with Crippen LogP contribution in [0.2, 0.25) is 0 Å². The third kappa shape index (κ3) is 4.39. The van der Waals surface area contributed by atoms with E-state index in [-0.39, 0.29) is 24.9 Å². The number of aliphatic carboxylic acids is 1. The Balaban J connectivity index is 1.36. The molecule has 2 aliphatic rings. The van der Waals surface area contributed by atoms with Gasteiger partial charge in [0.15, 0.2) is 0 Å². The minimum absolute atomic E-state index is 0.0340. The predicted molar refractivity (Wildman–Crippen MR) is 129 cm³/mol. The number of alkyl carbamates (subject to hydrolysis) is 1. The van der Waals surface area contributed by atoms with Crippen molar-refractivity contribution in [3.8, 4) is 11.1 Å². The fourth-order valence-electron chi connectivity index (χ4n) is 5.34. The molecule has 0 heterocycles. The summed E-state index contributed by atoms with van der Waals surface area (Å²) in [7, 11) is 1.56. The summed E-state index contributed by atoms with van der Waals surface area (Å²) in [4.78, 5) is 38.8. The molecular formula is C27H32N2O5. The maximum atomic E-state index is 12.9. The average molecular weight is 465 g/mol. The molecule has 0 unspecified atom stereocenters. The SMILES string of the molecule is CC[C@@H](CC(=O)N(C)C1(C(=O)O)CCCC1)NC(=O)OCC1c2ccccc2-c2ccccc21. The number of fused-ring (bicyclic) bond motifs is 3. The average Bonchev–Trinajstić information content (AvgIpc) is 3.46. The quantitative estimate of drug-likeness (QED) is 0.598. The van der Waals surface area contributed by atoms with Gasteiger partial charge >= 0.3 is 12.1 Å². The Morgan fingerprint density at radius 2 is 1.62 bits per heavy atom. The lowest BCUT2D eigenvalue weighted by atomic mass is 9.94. The number of carbonyl (C=O) groups excluding carboxylic acids is 2. The maximum absolute atomic E-state index is 12.9. The lowest BCUT2D eigenvalue weighted by Gasteiger charge is -2.35. The van der Waals surface area contributed by atoms with Crippen molar-refractivity contribution in [1.82, 2.24) is 10.2 Å². The van der Waals surface area contributed by atoms with Crippen LogP contribution in [0.1, 0.15) is 62.5 Å². The minimum atomic E-state index is -1.14. The number of amides is 2. The first-order chi connectivity index (χ1) is 16.4. The zero-order valence-electron chi connectivity index (χ0n) is 19.8. The second-order valence-electron chi connectivity index (χ2n) is 9.28. The number of carboxylic acid groups (broad SMARTS) is 1. The fraction of sp³-hybridized carbons (Fsp3) is 0.444. The Hall–Kier alpha value is -3.35. The van der Waals surface area contributed by atoms with Gasteiger partial charge in [-0.15, -0.1) is 0 Å². The third-order valence-corrected chi connectivity index (χ3v) is 7.42. The molecule has 0 radical (unpaired) electrons. The second-order valence-corrected chi connectivity index (χ2v) is 9.28. The second kappa shape index (κ2) is 9.87. The summed E-state index contributed by atoms with van der Waals surface area (Å²) in [6.07, 6.45) is 2.49. The summed E-state index contributed by atoms with van der Waals surface area (Å²) in [6, 6.07) is 15.8. The molecule has 1 atom stereocenters. The number of ether oxygens (including phenoxy) is 1. The first-order valence-electron chi connectivity index (χ1n) is 12.0. The molecule has 180 valence electrons. The molecule has 7 nitrogen and oxygen atoms in total. The van der Waals surface area contributed by atoms with Crippen LogP contribution in [0.4, 0.5) is 4.79 Å². The van der Waals surface area contributed by atoms with Crippen LogP contribution in [0.25, 0.3) is 11.1 Å². The van der Waals surface area contributed by atoms with Crippen LogP contribution in [0, 0.1) is 0 Å². The number of hydrogen-bond donors (Lipinski definition) is 2. The van der Waals surface area contributed by atoms with Crippen LogP contribution in [-0.4, -0.2) is 53.2 Å². The molecule has 2 aliphatic carbocycles. The molecule has 7 heteroatoms.